The number of hydrogen-bond donors (Lipinski definition) is 1. The molecule has 6 nitrogen and oxygen atoms in total. The summed E-state index contributed by atoms with van der Waals surface area (Å²) in [6, 6.07) is 12.8. The van der Waals surface area contributed by atoms with Gasteiger partial charge in [0.2, 0.25) is 0 Å². The second-order valence-electron chi connectivity index (χ2n) is 6.24. The van der Waals surface area contributed by atoms with Gasteiger partial charge in [0.15, 0.2) is 5.65 Å². The summed E-state index contributed by atoms with van der Waals surface area (Å²) in [4.78, 5) is 8.70. The first-order chi connectivity index (χ1) is 11.8. The van der Waals surface area contributed by atoms with Gasteiger partial charge >= 0.3 is 0 Å². The van der Waals surface area contributed by atoms with E-state index in [0.29, 0.717) is 13.0 Å². The molecule has 0 unspecified atom stereocenters. The molecule has 4 rings (SSSR count). The average molecular weight is 318 g/mol. The molecule has 1 aliphatic rings. The van der Waals surface area contributed by atoms with Crippen molar-refractivity contribution < 1.29 is 0 Å². The molecule has 2 heterocycles. The molecule has 0 spiro atoms. The summed E-state index contributed by atoms with van der Waals surface area (Å²) in [5, 5.41) is 17.5. The Balaban J connectivity index is 1.55. The van der Waals surface area contributed by atoms with Gasteiger partial charge in [-0.2, -0.15) is 10.4 Å². The van der Waals surface area contributed by atoms with Crippen LogP contribution in [0.5, 0.6) is 0 Å². The first kappa shape index (κ1) is 14.6. The van der Waals surface area contributed by atoms with Crippen LogP contribution >= 0.6 is 0 Å². The van der Waals surface area contributed by atoms with E-state index in [0.717, 1.165) is 23.4 Å². The van der Waals surface area contributed by atoms with Crippen LogP contribution in [0.2, 0.25) is 0 Å². The highest BCUT2D eigenvalue weighted by Gasteiger charge is 2.43. The van der Waals surface area contributed by atoms with E-state index in [1.165, 1.54) is 18.4 Å². The van der Waals surface area contributed by atoms with E-state index < -0.39 is 0 Å². The predicted molar refractivity (Wildman–Crippen MR) is 91.4 cm³/mol. The van der Waals surface area contributed by atoms with Gasteiger partial charge in [-0.05, 0) is 18.4 Å². The normalized spacial score (nSPS) is 15.1. The Hall–Kier alpha value is -2.94. The summed E-state index contributed by atoms with van der Waals surface area (Å²) < 4.78 is 1.76. The van der Waals surface area contributed by atoms with Crippen molar-refractivity contribution in [2.45, 2.75) is 31.2 Å². The molecule has 120 valence electrons. The van der Waals surface area contributed by atoms with Crippen LogP contribution in [0.3, 0.4) is 0 Å². The number of nitrogens with zero attached hydrogens (tertiary/aromatic N) is 5. The second kappa shape index (κ2) is 5.93. The fourth-order valence-corrected chi connectivity index (χ4v) is 3.12. The number of hydrogen-bond acceptors (Lipinski definition) is 5. The molecule has 1 aliphatic carbocycles. The van der Waals surface area contributed by atoms with Crippen LogP contribution in [-0.2, 0) is 12.0 Å². The standard InChI is InChI=1S/C18H18N6/c19-9-4-10-24-17-15(11-23-24)16(21-13-22-17)20-12-18(7-8-18)14-5-2-1-3-6-14/h1-3,5-6,11,13H,4,7-8,10,12H2,(H,20,21,22). The molecule has 1 N–H and O–H groups in total. The van der Waals surface area contributed by atoms with Crippen molar-refractivity contribution in [1.82, 2.24) is 19.7 Å². The number of rotatable bonds is 6. The third-order valence-electron chi connectivity index (χ3n) is 4.70. The van der Waals surface area contributed by atoms with Gasteiger partial charge in [-0.25, -0.2) is 14.6 Å². The summed E-state index contributed by atoms with van der Waals surface area (Å²) in [6.07, 6.45) is 6.13. The van der Waals surface area contributed by atoms with Gasteiger partial charge in [0.05, 0.1) is 30.6 Å². The molecule has 0 saturated heterocycles. The Morgan fingerprint density at radius 1 is 1.21 bits per heavy atom. The minimum absolute atomic E-state index is 0.218. The summed E-state index contributed by atoms with van der Waals surface area (Å²) in [6.45, 7) is 1.40. The molecule has 0 atom stereocenters. The molecular formula is C18H18N6. The van der Waals surface area contributed by atoms with Crippen LogP contribution in [0.15, 0.2) is 42.9 Å². The molecule has 6 heteroatoms. The largest absolute Gasteiger partial charge is 0.368 e. The molecule has 1 saturated carbocycles. The van der Waals surface area contributed by atoms with Crippen molar-refractivity contribution in [2.75, 3.05) is 11.9 Å². The fourth-order valence-electron chi connectivity index (χ4n) is 3.12. The number of nitrogens with one attached hydrogen (secondary N) is 1. The van der Waals surface area contributed by atoms with Gasteiger partial charge in [-0.1, -0.05) is 30.3 Å². The first-order valence-corrected chi connectivity index (χ1v) is 8.15. The van der Waals surface area contributed by atoms with E-state index in [-0.39, 0.29) is 5.41 Å². The van der Waals surface area contributed by atoms with Crippen LogP contribution in [0, 0.1) is 11.3 Å². The van der Waals surface area contributed by atoms with Crippen LogP contribution < -0.4 is 5.32 Å². The number of nitriles is 1. The van der Waals surface area contributed by atoms with E-state index in [2.05, 4.69) is 56.8 Å². The lowest BCUT2D eigenvalue weighted by molar-refractivity contribution is 0.643. The number of fused-ring (bicyclic) bond motifs is 1. The molecule has 1 aromatic carbocycles. The van der Waals surface area contributed by atoms with E-state index in [4.69, 9.17) is 5.26 Å². The molecule has 2 aromatic heterocycles. The highest BCUT2D eigenvalue weighted by molar-refractivity contribution is 5.86. The zero-order valence-electron chi connectivity index (χ0n) is 13.3. The maximum Gasteiger partial charge on any atom is 0.163 e. The van der Waals surface area contributed by atoms with Crippen LogP contribution in [0.4, 0.5) is 5.82 Å². The van der Waals surface area contributed by atoms with Crippen LogP contribution in [0.1, 0.15) is 24.8 Å². The highest BCUT2D eigenvalue weighted by atomic mass is 15.3. The average Bonchev–Trinajstić information content (AvgIpc) is 3.32. The number of benzene rings is 1. The maximum absolute atomic E-state index is 8.74. The van der Waals surface area contributed by atoms with E-state index in [1.807, 2.05) is 0 Å². The Bertz CT molecular complexity index is 889. The minimum atomic E-state index is 0.218. The maximum atomic E-state index is 8.74. The lowest BCUT2D eigenvalue weighted by atomic mass is 9.96. The van der Waals surface area contributed by atoms with E-state index in [1.54, 1.807) is 17.2 Å². The lowest BCUT2D eigenvalue weighted by Gasteiger charge is -2.17. The van der Waals surface area contributed by atoms with Crippen molar-refractivity contribution in [3.8, 4) is 6.07 Å². The second-order valence-corrected chi connectivity index (χ2v) is 6.24. The lowest BCUT2D eigenvalue weighted by Crippen LogP contribution is -2.20. The van der Waals surface area contributed by atoms with Crippen molar-refractivity contribution in [3.05, 3.63) is 48.4 Å². The molecule has 0 bridgehead atoms. The van der Waals surface area contributed by atoms with Gasteiger partial charge in [-0.3, -0.25) is 0 Å². The Kier molecular flexibility index (Phi) is 3.62. The van der Waals surface area contributed by atoms with Gasteiger partial charge in [0.1, 0.15) is 12.1 Å². The quantitative estimate of drug-likeness (QED) is 0.756. The molecule has 0 radical (unpaired) electrons. The van der Waals surface area contributed by atoms with Gasteiger partial charge in [0, 0.05) is 12.0 Å². The van der Waals surface area contributed by atoms with Crippen LogP contribution in [0.25, 0.3) is 11.0 Å². The molecular weight excluding hydrogens is 300 g/mol. The summed E-state index contributed by atoms with van der Waals surface area (Å²) >= 11 is 0. The van der Waals surface area contributed by atoms with E-state index >= 15 is 0 Å². The van der Waals surface area contributed by atoms with Gasteiger partial charge < -0.3 is 5.32 Å². The fraction of sp³-hybridized carbons (Fsp3) is 0.333. The zero-order chi connectivity index (χ0) is 16.4. The first-order valence-electron chi connectivity index (χ1n) is 8.15. The van der Waals surface area contributed by atoms with Crippen LogP contribution in [-0.4, -0.2) is 26.3 Å². The topological polar surface area (TPSA) is 79.4 Å². The number of aromatic nitrogens is 4. The molecule has 0 amide bonds. The Labute approximate surface area is 140 Å². The SMILES string of the molecule is N#CCCn1ncc2c(NCC3(c4ccccc4)CC3)ncnc21. The minimum Gasteiger partial charge on any atom is -0.368 e. The summed E-state index contributed by atoms with van der Waals surface area (Å²) in [5.74, 6) is 0.811. The molecule has 3 aromatic rings. The number of anilines is 1. The summed E-state index contributed by atoms with van der Waals surface area (Å²) in [5.41, 5.74) is 2.37. The third kappa shape index (κ3) is 2.58. The summed E-state index contributed by atoms with van der Waals surface area (Å²) in [7, 11) is 0. The molecule has 24 heavy (non-hydrogen) atoms. The zero-order valence-corrected chi connectivity index (χ0v) is 13.3. The van der Waals surface area contributed by atoms with Gasteiger partial charge in [-0.15, -0.1) is 0 Å². The molecule has 0 aliphatic heterocycles. The van der Waals surface area contributed by atoms with Crippen molar-refractivity contribution >= 4 is 16.9 Å². The molecule has 1 fully saturated rings. The third-order valence-corrected chi connectivity index (χ3v) is 4.70. The van der Waals surface area contributed by atoms with E-state index in [9.17, 15) is 0 Å². The van der Waals surface area contributed by atoms with Crippen molar-refractivity contribution in [2.24, 2.45) is 0 Å². The monoisotopic (exact) mass is 318 g/mol. The predicted octanol–water partition coefficient (Wildman–Crippen LogP) is 2.88. The Morgan fingerprint density at radius 2 is 2.04 bits per heavy atom. The van der Waals surface area contributed by atoms with Gasteiger partial charge in [0.25, 0.3) is 0 Å². The van der Waals surface area contributed by atoms with Crippen molar-refractivity contribution in [3.63, 3.8) is 0 Å². The smallest absolute Gasteiger partial charge is 0.163 e. The Morgan fingerprint density at radius 3 is 2.79 bits per heavy atom. The highest BCUT2D eigenvalue weighted by Crippen LogP contribution is 2.48. The number of aryl methyl sites for hydroxylation is 1. The van der Waals surface area contributed by atoms with Crippen molar-refractivity contribution in [1.29, 1.82) is 5.26 Å².